The topological polar surface area (TPSA) is 55.3 Å². The first kappa shape index (κ1) is 26.4. The Labute approximate surface area is 259 Å². The van der Waals surface area contributed by atoms with Gasteiger partial charge in [0.2, 0.25) is 0 Å². The molecule has 0 atom stereocenters. The number of para-hydroxylation sites is 2. The van der Waals surface area contributed by atoms with Gasteiger partial charge in [0.1, 0.15) is 0 Å². The maximum absolute atomic E-state index is 6.67. The minimum atomic E-state index is -0.101. The SMILES string of the molecule is CC1(C)c2ccccc2N(c2ccc3c(c2)-c2ccccc2-c2ccccc2-c2cc(N)cc(N)c2CC3)c2ccccc21. The van der Waals surface area contributed by atoms with Gasteiger partial charge in [-0.3, -0.25) is 0 Å². The number of hydrogen-bond acceptors (Lipinski definition) is 3. The quantitative estimate of drug-likeness (QED) is 0.194. The first-order valence-electron chi connectivity index (χ1n) is 15.4. The number of nitrogens with zero attached hydrogens (tertiary/aromatic N) is 1. The van der Waals surface area contributed by atoms with Gasteiger partial charge < -0.3 is 16.4 Å². The van der Waals surface area contributed by atoms with Gasteiger partial charge in [0, 0.05) is 22.5 Å². The lowest BCUT2D eigenvalue weighted by Gasteiger charge is -2.42. The molecule has 0 spiro atoms. The van der Waals surface area contributed by atoms with Crippen molar-refractivity contribution >= 4 is 28.4 Å². The van der Waals surface area contributed by atoms with Crippen LogP contribution in [0.4, 0.5) is 28.4 Å². The minimum Gasteiger partial charge on any atom is -0.399 e. The Balaban J connectivity index is 1.39. The van der Waals surface area contributed by atoms with Crippen LogP contribution in [-0.4, -0.2) is 0 Å². The number of nitrogens with two attached hydrogens (primary N) is 2. The molecule has 0 saturated heterocycles. The zero-order valence-electron chi connectivity index (χ0n) is 25.1. The summed E-state index contributed by atoms with van der Waals surface area (Å²) in [4.78, 5) is 2.45. The van der Waals surface area contributed by atoms with Crippen molar-refractivity contribution in [1.82, 2.24) is 0 Å². The molecule has 0 saturated carbocycles. The van der Waals surface area contributed by atoms with E-state index in [1.54, 1.807) is 0 Å². The second-order valence-corrected chi connectivity index (χ2v) is 12.6. The molecule has 0 fully saturated rings. The van der Waals surface area contributed by atoms with Gasteiger partial charge in [0.05, 0.1) is 11.4 Å². The van der Waals surface area contributed by atoms with E-state index in [0.29, 0.717) is 5.69 Å². The first-order valence-corrected chi connectivity index (χ1v) is 15.4. The largest absolute Gasteiger partial charge is 0.399 e. The van der Waals surface area contributed by atoms with Gasteiger partial charge in [-0.25, -0.2) is 0 Å². The molecule has 3 nitrogen and oxygen atoms in total. The van der Waals surface area contributed by atoms with Crippen molar-refractivity contribution in [1.29, 1.82) is 0 Å². The second-order valence-electron chi connectivity index (χ2n) is 12.6. The third-order valence-electron chi connectivity index (χ3n) is 9.66. The molecule has 0 bridgehead atoms. The van der Waals surface area contributed by atoms with Gasteiger partial charge in [-0.05, 0) is 105 Å². The van der Waals surface area contributed by atoms with Crippen LogP contribution in [-0.2, 0) is 18.3 Å². The fraction of sp³-hybridized carbons (Fsp3) is 0.122. The predicted molar refractivity (Wildman–Crippen MR) is 186 cm³/mol. The highest BCUT2D eigenvalue weighted by Crippen LogP contribution is 2.52. The van der Waals surface area contributed by atoms with Gasteiger partial charge in [-0.1, -0.05) is 105 Å². The van der Waals surface area contributed by atoms with Crippen molar-refractivity contribution in [2.45, 2.75) is 32.1 Å². The van der Waals surface area contributed by atoms with E-state index in [1.165, 1.54) is 50.3 Å². The summed E-state index contributed by atoms with van der Waals surface area (Å²) in [5.41, 5.74) is 30.3. The van der Waals surface area contributed by atoms with Gasteiger partial charge in [-0.2, -0.15) is 0 Å². The smallest absolute Gasteiger partial charge is 0.0502 e. The molecule has 6 aromatic carbocycles. The molecule has 6 aromatic rings. The predicted octanol–water partition coefficient (Wildman–Crippen LogP) is 10.1. The summed E-state index contributed by atoms with van der Waals surface area (Å²) in [6.07, 6.45) is 1.70. The molecule has 1 heterocycles. The summed E-state index contributed by atoms with van der Waals surface area (Å²) in [6.45, 7) is 4.67. The maximum Gasteiger partial charge on any atom is 0.0502 e. The lowest BCUT2D eigenvalue weighted by Crippen LogP contribution is -2.30. The number of nitrogen functional groups attached to an aromatic ring is 2. The van der Waals surface area contributed by atoms with Crippen molar-refractivity contribution in [2.24, 2.45) is 0 Å². The number of fused-ring (bicyclic) bond motifs is 9. The zero-order chi connectivity index (χ0) is 30.0. The average molecular weight is 570 g/mol. The van der Waals surface area contributed by atoms with Gasteiger partial charge >= 0.3 is 0 Å². The Bertz CT molecular complexity index is 2040. The van der Waals surface area contributed by atoms with E-state index in [0.717, 1.165) is 40.9 Å². The Kier molecular flexibility index (Phi) is 5.92. The van der Waals surface area contributed by atoms with Crippen molar-refractivity contribution in [3.05, 3.63) is 150 Å². The summed E-state index contributed by atoms with van der Waals surface area (Å²) >= 11 is 0. The standard InChI is InChI=1S/C41H35N3/c1-41(2)36-15-7-9-17-39(36)44(40-18-10-8-16-37(40)41)28-21-19-26-20-22-33-35(23-27(42)24-38(33)43)32-14-6-4-12-30(32)29-11-3-5-13-31(29)34(26)25-28/h3-19,21,23-25H,20,22,42-43H2,1-2H3. The first-order chi connectivity index (χ1) is 21.4. The van der Waals surface area contributed by atoms with E-state index < -0.39 is 0 Å². The molecule has 3 heteroatoms. The number of rotatable bonds is 1. The fourth-order valence-corrected chi connectivity index (χ4v) is 7.52. The summed E-state index contributed by atoms with van der Waals surface area (Å²) in [7, 11) is 0. The van der Waals surface area contributed by atoms with E-state index in [2.05, 4.69) is 140 Å². The van der Waals surface area contributed by atoms with Crippen LogP contribution in [0, 0.1) is 0 Å². The number of hydrogen-bond donors (Lipinski definition) is 2. The monoisotopic (exact) mass is 569 g/mol. The normalized spacial score (nSPS) is 14.3. The second kappa shape index (κ2) is 9.89. The van der Waals surface area contributed by atoms with Crippen LogP contribution >= 0.6 is 0 Å². The van der Waals surface area contributed by atoms with Crippen LogP contribution in [0.5, 0.6) is 0 Å². The maximum atomic E-state index is 6.67. The molecule has 0 amide bonds. The highest BCUT2D eigenvalue weighted by molar-refractivity contribution is 5.96. The molecular formula is C41H35N3. The van der Waals surface area contributed by atoms with Crippen molar-refractivity contribution in [3.63, 3.8) is 0 Å². The van der Waals surface area contributed by atoms with E-state index >= 15 is 0 Å². The molecule has 0 aromatic heterocycles. The molecule has 0 unspecified atom stereocenters. The number of benzene rings is 6. The summed E-state index contributed by atoms with van der Waals surface area (Å²) in [5, 5.41) is 0. The van der Waals surface area contributed by atoms with Crippen LogP contribution in [0.3, 0.4) is 0 Å². The van der Waals surface area contributed by atoms with Crippen LogP contribution in [0.15, 0.2) is 127 Å². The van der Waals surface area contributed by atoms with E-state index in [-0.39, 0.29) is 5.41 Å². The lowest BCUT2D eigenvalue weighted by molar-refractivity contribution is 0.632. The van der Waals surface area contributed by atoms with Crippen LogP contribution in [0.2, 0.25) is 0 Å². The molecular weight excluding hydrogens is 534 g/mol. The van der Waals surface area contributed by atoms with Crippen LogP contribution < -0.4 is 16.4 Å². The fourth-order valence-electron chi connectivity index (χ4n) is 7.52. The molecule has 8 rings (SSSR count). The van der Waals surface area contributed by atoms with E-state index in [9.17, 15) is 0 Å². The van der Waals surface area contributed by atoms with Crippen LogP contribution in [0.1, 0.15) is 36.1 Å². The Morgan fingerprint density at radius 1 is 0.523 bits per heavy atom. The van der Waals surface area contributed by atoms with Gasteiger partial charge in [-0.15, -0.1) is 0 Å². The van der Waals surface area contributed by atoms with Gasteiger partial charge in [0.15, 0.2) is 0 Å². The molecule has 4 N–H and O–H groups in total. The molecule has 1 aliphatic heterocycles. The zero-order valence-corrected chi connectivity index (χ0v) is 25.1. The molecule has 214 valence electrons. The van der Waals surface area contributed by atoms with Gasteiger partial charge in [0.25, 0.3) is 0 Å². The van der Waals surface area contributed by atoms with E-state index in [4.69, 9.17) is 11.5 Å². The molecule has 0 radical (unpaired) electrons. The van der Waals surface area contributed by atoms with Crippen LogP contribution in [0.25, 0.3) is 33.4 Å². The molecule has 44 heavy (non-hydrogen) atoms. The third-order valence-corrected chi connectivity index (χ3v) is 9.66. The Morgan fingerprint density at radius 2 is 1.05 bits per heavy atom. The highest BCUT2D eigenvalue weighted by Gasteiger charge is 2.36. The molecule has 2 aliphatic rings. The third kappa shape index (κ3) is 3.96. The highest BCUT2D eigenvalue weighted by atomic mass is 15.2. The Hall–Kier alpha value is -5.28. The number of aryl methyl sites for hydroxylation is 1. The average Bonchev–Trinajstić information content (AvgIpc) is 3.04. The molecule has 1 aliphatic carbocycles. The van der Waals surface area contributed by atoms with Crippen molar-refractivity contribution in [2.75, 3.05) is 16.4 Å². The lowest BCUT2D eigenvalue weighted by atomic mass is 9.73. The summed E-state index contributed by atoms with van der Waals surface area (Å²) < 4.78 is 0. The minimum absolute atomic E-state index is 0.101. The van der Waals surface area contributed by atoms with E-state index in [1.807, 2.05) is 6.07 Å². The summed E-state index contributed by atoms with van der Waals surface area (Å²) in [6, 6.07) is 46.2. The summed E-state index contributed by atoms with van der Waals surface area (Å²) in [5.74, 6) is 0. The van der Waals surface area contributed by atoms with Crippen molar-refractivity contribution in [3.8, 4) is 33.4 Å². The Morgan fingerprint density at radius 3 is 1.66 bits per heavy atom. The van der Waals surface area contributed by atoms with Crippen molar-refractivity contribution < 1.29 is 0 Å². The number of anilines is 5.